The summed E-state index contributed by atoms with van der Waals surface area (Å²) >= 11 is 0. The van der Waals surface area contributed by atoms with Crippen LogP contribution in [0.25, 0.3) is 0 Å². The number of carbonyl (C=O) groups excluding carboxylic acids is 1. The highest BCUT2D eigenvalue weighted by atomic mass is 16.2. The van der Waals surface area contributed by atoms with Gasteiger partial charge in [-0.15, -0.1) is 0 Å². The number of rotatable bonds is 2. The van der Waals surface area contributed by atoms with Gasteiger partial charge in [0.2, 0.25) is 5.91 Å². The van der Waals surface area contributed by atoms with Gasteiger partial charge in [0.15, 0.2) is 0 Å². The molecule has 104 valence electrons. The summed E-state index contributed by atoms with van der Waals surface area (Å²) < 4.78 is 0. The topological polar surface area (TPSA) is 60.2 Å². The minimum Gasteiger partial charge on any atom is -0.348 e. The SMILES string of the molecule is C=CC(=O)N1CC(C)N(c2ccc(C#N)cn2)C(C)C1. The molecule has 0 N–H and O–H groups in total. The number of amides is 1. The van der Waals surface area contributed by atoms with Crippen molar-refractivity contribution in [2.24, 2.45) is 0 Å². The second-order valence-corrected chi connectivity index (χ2v) is 5.07. The van der Waals surface area contributed by atoms with Gasteiger partial charge >= 0.3 is 0 Å². The average molecular weight is 270 g/mol. The molecular weight excluding hydrogens is 252 g/mol. The zero-order chi connectivity index (χ0) is 14.7. The van der Waals surface area contributed by atoms with Crippen molar-refractivity contribution in [2.75, 3.05) is 18.0 Å². The Labute approximate surface area is 119 Å². The molecule has 1 saturated heterocycles. The van der Waals surface area contributed by atoms with Crippen LogP contribution in [0.15, 0.2) is 31.0 Å². The van der Waals surface area contributed by atoms with Crippen LogP contribution >= 0.6 is 0 Å². The fraction of sp³-hybridized carbons (Fsp3) is 0.400. The molecule has 2 atom stereocenters. The molecule has 0 aromatic carbocycles. The van der Waals surface area contributed by atoms with Crippen molar-refractivity contribution in [3.05, 3.63) is 36.5 Å². The summed E-state index contributed by atoms with van der Waals surface area (Å²) in [5.41, 5.74) is 0.550. The number of pyridine rings is 1. The summed E-state index contributed by atoms with van der Waals surface area (Å²) in [6.45, 7) is 8.97. The number of nitriles is 1. The van der Waals surface area contributed by atoms with Gasteiger partial charge in [0.05, 0.1) is 5.56 Å². The zero-order valence-corrected chi connectivity index (χ0v) is 11.8. The maximum absolute atomic E-state index is 11.7. The Bertz CT molecular complexity index is 534. The van der Waals surface area contributed by atoms with Crippen molar-refractivity contribution in [1.82, 2.24) is 9.88 Å². The van der Waals surface area contributed by atoms with Gasteiger partial charge in [0, 0.05) is 31.4 Å². The molecule has 0 saturated carbocycles. The fourth-order valence-corrected chi connectivity index (χ4v) is 2.69. The highest BCUT2D eigenvalue weighted by Crippen LogP contribution is 2.23. The number of anilines is 1. The van der Waals surface area contributed by atoms with E-state index in [1.807, 2.05) is 11.0 Å². The number of nitrogens with zero attached hydrogens (tertiary/aromatic N) is 4. The average Bonchev–Trinajstić information content (AvgIpc) is 2.46. The van der Waals surface area contributed by atoms with Crippen LogP contribution in [0.5, 0.6) is 0 Å². The van der Waals surface area contributed by atoms with E-state index in [-0.39, 0.29) is 18.0 Å². The molecule has 0 spiro atoms. The lowest BCUT2D eigenvalue weighted by molar-refractivity contribution is -0.127. The van der Waals surface area contributed by atoms with Gasteiger partial charge in [-0.1, -0.05) is 6.58 Å². The monoisotopic (exact) mass is 270 g/mol. The largest absolute Gasteiger partial charge is 0.348 e. The van der Waals surface area contributed by atoms with Gasteiger partial charge in [-0.3, -0.25) is 4.79 Å². The second kappa shape index (κ2) is 5.74. The second-order valence-electron chi connectivity index (χ2n) is 5.07. The molecule has 1 amide bonds. The van der Waals surface area contributed by atoms with E-state index in [0.29, 0.717) is 18.7 Å². The molecule has 1 aromatic heterocycles. The first kappa shape index (κ1) is 14.1. The minimum absolute atomic E-state index is 0.0314. The standard InChI is InChI=1S/C15H18N4O/c1-4-15(20)18-9-11(2)19(12(3)10-18)14-6-5-13(7-16)8-17-14/h4-6,8,11-12H,1,9-10H2,2-3H3. The minimum atomic E-state index is -0.0314. The van der Waals surface area contributed by atoms with Gasteiger partial charge in [-0.25, -0.2) is 4.98 Å². The van der Waals surface area contributed by atoms with Gasteiger partial charge in [-0.2, -0.15) is 5.26 Å². The van der Waals surface area contributed by atoms with Crippen molar-refractivity contribution in [3.8, 4) is 6.07 Å². The summed E-state index contributed by atoms with van der Waals surface area (Å²) in [6.07, 6.45) is 2.94. The Morgan fingerprint density at radius 3 is 2.55 bits per heavy atom. The van der Waals surface area contributed by atoms with E-state index in [9.17, 15) is 4.79 Å². The molecule has 0 bridgehead atoms. The molecule has 0 aliphatic carbocycles. The van der Waals surface area contributed by atoms with Crippen LogP contribution in [0.3, 0.4) is 0 Å². The third kappa shape index (κ3) is 2.64. The summed E-state index contributed by atoms with van der Waals surface area (Å²) in [6, 6.07) is 6.03. The number of hydrogen-bond acceptors (Lipinski definition) is 4. The third-order valence-electron chi connectivity index (χ3n) is 3.55. The van der Waals surface area contributed by atoms with Crippen LogP contribution in [0.1, 0.15) is 19.4 Å². The van der Waals surface area contributed by atoms with Crippen LogP contribution in [0, 0.1) is 11.3 Å². The first-order chi connectivity index (χ1) is 9.56. The molecular formula is C15H18N4O. The summed E-state index contributed by atoms with van der Waals surface area (Å²) in [7, 11) is 0. The van der Waals surface area contributed by atoms with Crippen molar-refractivity contribution in [2.45, 2.75) is 25.9 Å². The fourth-order valence-electron chi connectivity index (χ4n) is 2.69. The number of piperazine rings is 1. The van der Waals surface area contributed by atoms with E-state index in [1.54, 1.807) is 12.3 Å². The summed E-state index contributed by atoms with van der Waals surface area (Å²) in [5, 5.41) is 8.81. The Morgan fingerprint density at radius 1 is 1.45 bits per heavy atom. The van der Waals surface area contributed by atoms with Gasteiger partial charge in [0.25, 0.3) is 0 Å². The highest BCUT2D eigenvalue weighted by molar-refractivity contribution is 5.87. The van der Waals surface area contributed by atoms with Gasteiger partial charge in [0.1, 0.15) is 11.9 Å². The molecule has 5 nitrogen and oxygen atoms in total. The van der Waals surface area contributed by atoms with E-state index in [0.717, 1.165) is 5.82 Å². The Morgan fingerprint density at radius 2 is 2.10 bits per heavy atom. The first-order valence-electron chi connectivity index (χ1n) is 6.62. The van der Waals surface area contributed by atoms with Crippen molar-refractivity contribution in [1.29, 1.82) is 5.26 Å². The first-order valence-corrected chi connectivity index (χ1v) is 6.62. The molecule has 0 radical (unpaired) electrons. The van der Waals surface area contributed by atoms with Crippen molar-refractivity contribution in [3.63, 3.8) is 0 Å². The van der Waals surface area contributed by atoms with Gasteiger partial charge in [-0.05, 0) is 32.1 Å². The smallest absolute Gasteiger partial charge is 0.246 e. The highest BCUT2D eigenvalue weighted by Gasteiger charge is 2.31. The van der Waals surface area contributed by atoms with E-state index in [4.69, 9.17) is 5.26 Å². The van der Waals surface area contributed by atoms with Crippen LogP contribution in [0.2, 0.25) is 0 Å². The molecule has 1 aromatic rings. The Hall–Kier alpha value is -2.35. The zero-order valence-electron chi connectivity index (χ0n) is 11.8. The number of hydrogen-bond donors (Lipinski definition) is 0. The lowest BCUT2D eigenvalue weighted by Gasteiger charge is -2.44. The number of aromatic nitrogens is 1. The third-order valence-corrected chi connectivity index (χ3v) is 3.55. The molecule has 5 heteroatoms. The van der Waals surface area contributed by atoms with E-state index in [1.165, 1.54) is 6.08 Å². The van der Waals surface area contributed by atoms with Crippen LogP contribution in [-0.2, 0) is 4.79 Å². The van der Waals surface area contributed by atoms with Crippen LogP contribution < -0.4 is 4.90 Å². The Balaban J connectivity index is 2.19. The van der Waals surface area contributed by atoms with Crippen molar-refractivity contribution < 1.29 is 4.79 Å². The van der Waals surface area contributed by atoms with Crippen molar-refractivity contribution >= 4 is 11.7 Å². The van der Waals surface area contributed by atoms with E-state index < -0.39 is 0 Å². The molecule has 1 aliphatic heterocycles. The molecule has 1 aliphatic rings. The number of carbonyl (C=O) groups is 1. The van der Waals surface area contributed by atoms with E-state index >= 15 is 0 Å². The van der Waals surface area contributed by atoms with Crippen LogP contribution in [0.4, 0.5) is 5.82 Å². The summed E-state index contributed by atoms with van der Waals surface area (Å²) in [4.78, 5) is 20.1. The molecule has 2 heterocycles. The molecule has 2 unspecified atom stereocenters. The maximum atomic E-state index is 11.7. The Kier molecular flexibility index (Phi) is 4.04. The lowest BCUT2D eigenvalue weighted by atomic mass is 10.1. The predicted octanol–water partition coefficient (Wildman–Crippen LogP) is 1.56. The summed E-state index contributed by atoms with van der Waals surface area (Å²) in [5.74, 6) is 0.811. The van der Waals surface area contributed by atoms with Crippen LogP contribution in [-0.4, -0.2) is 41.0 Å². The quantitative estimate of drug-likeness (QED) is 0.765. The van der Waals surface area contributed by atoms with E-state index in [2.05, 4.69) is 36.4 Å². The predicted molar refractivity (Wildman–Crippen MR) is 77.1 cm³/mol. The molecule has 1 fully saturated rings. The van der Waals surface area contributed by atoms with Gasteiger partial charge < -0.3 is 9.80 Å². The molecule has 20 heavy (non-hydrogen) atoms. The molecule has 2 rings (SSSR count). The lowest BCUT2D eigenvalue weighted by Crippen LogP contribution is -2.58. The maximum Gasteiger partial charge on any atom is 0.246 e. The normalized spacial score (nSPS) is 22.2.